The molecule has 2 atom stereocenters. The lowest BCUT2D eigenvalue weighted by molar-refractivity contribution is -0.140. The number of hydrogen-bond acceptors (Lipinski definition) is 9. The van der Waals surface area contributed by atoms with Crippen LogP contribution < -0.4 is 5.30 Å². The predicted molar refractivity (Wildman–Crippen MR) is 160 cm³/mol. The molecule has 40 heavy (non-hydrogen) atoms. The molecule has 0 N–H and O–H groups in total. The number of carbonyl (C=O) groups is 2. The Morgan fingerprint density at radius 2 is 1.05 bits per heavy atom. The predicted octanol–water partition coefficient (Wildman–Crippen LogP) is 6.32. The van der Waals surface area contributed by atoms with Crippen molar-refractivity contribution in [1.82, 2.24) is 0 Å². The summed E-state index contributed by atoms with van der Waals surface area (Å²) in [7, 11) is -4.02. The Balaban J connectivity index is 1.86. The van der Waals surface area contributed by atoms with Gasteiger partial charge < -0.3 is 9.47 Å². The Labute approximate surface area is 243 Å². The summed E-state index contributed by atoms with van der Waals surface area (Å²) in [6.45, 7) is 6.53. The van der Waals surface area contributed by atoms with E-state index in [1.165, 1.54) is 23.5 Å². The third-order valence-corrected chi connectivity index (χ3v) is 9.53. The van der Waals surface area contributed by atoms with E-state index < -0.39 is 31.7 Å². The summed E-state index contributed by atoms with van der Waals surface area (Å²) in [5.74, 6) is -0.600. The zero-order valence-corrected chi connectivity index (χ0v) is 24.4. The fourth-order valence-electron chi connectivity index (χ4n) is 3.25. The van der Waals surface area contributed by atoms with E-state index in [2.05, 4.69) is 13.2 Å². The Kier molecular flexibility index (Phi) is 13.3. The molecule has 10 heteroatoms. The summed E-state index contributed by atoms with van der Waals surface area (Å²) in [6.07, 6.45) is 0.524. The molecule has 0 aliphatic carbocycles. The largest absolute Gasteiger partial charge is 0.460 e. The Morgan fingerprint density at radius 3 is 1.43 bits per heavy atom. The fourth-order valence-corrected chi connectivity index (χ4v) is 7.12. The highest BCUT2D eigenvalue weighted by Crippen LogP contribution is 2.50. The van der Waals surface area contributed by atoms with E-state index in [1.54, 1.807) is 30.3 Å². The van der Waals surface area contributed by atoms with Crippen molar-refractivity contribution in [2.24, 2.45) is 0 Å². The lowest BCUT2D eigenvalue weighted by Gasteiger charge is -2.28. The number of hydrogen-bond donors (Lipinski definition) is 0. The van der Waals surface area contributed by atoms with E-state index in [0.717, 1.165) is 21.9 Å². The van der Waals surface area contributed by atoms with Crippen LogP contribution in [0, 0.1) is 0 Å². The van der Waals surface area contributed by atoms with Crippen LogP contribution in [0.4, 0.5) is 0 Å². The van der Waals surface area contributed by atoms with Crippen LogP contribution in [0.2, 0.25) is 0 Å². The van der Waals surface area contributed by atoms with Crippen molar-refractivity contribution in [3.05, 3.63) is 116 Å². The minimum Gasteiger partial charge on any atom is -0.460 e. The van der Waals surface area contributed by atoms with Gasteiger partial charge in [0.05, 0.1) is 5.30 Å². The molecule has 0 bridgehead atoms. The number of esters is 2. The first-order chi connectivity index (χ1) is 19.4. The molecule has 0 fully saturated rings. The van der Waals surface area contributed by atoms with Crippen molar-refractivity contribution < 1.29 is 32.7 Å². The van der Waals surface area contributed by atoms with Crippen molar-refractivity contribution in [3.8, 4) is 0 Å². The summed E-state index contributed by atoms with van der Waals surface area (Å²) < 4.78 is 37.4. The molecule has 0 aliphatic heterocycles. The maximum Gasteiger partial charge on any atom is 0.362 e. The molecule has 2 unspecified atom stereocenters. The van der Waals surface area contributed by atoms with Crippen molar-refractivity contribution in [2.75, 3.05) is 24.7 Å². The molecule has 7 nitrogen and oxygen atoms in total. The maximum absolute atomic E-state index is 14.5. The lowest BCUT2D eigenvalue weighted by atomic mass is 10.4. The van der Waals surface area contributed by atoms with Gasteiger partial charge in [-0.25, -0.2) is 9.59 Å². The van der Waals surface area contributed by atoms with Gasteiger partial charge in [0.25, 0.3) is 0 Å². The van der Waals surface area contributed by atoms with Crippen LogP contribution in [0.5, 0.6) is 0 Å². The summed E-state index contributed by atoms with van der Waals surface area (Å²) >= 11 is 2.93. The zero-order valence-electron chi connectivity index (χ0n) is 21.8. The zero-order chi connectivity index (χ0) is 28.6. The Morgan fingerprint density at radius 1 is 0.675 bits per heavy atom. The number of rotatable bonds is 17. The third-order valence-electron chi connectivity index (χ3n) is 5.16. The van der Waals surface area contributed by atoms with E-state index in [1.807, 2.05) is 60.7 Å². The molecular formula is C30H31O7PS2. The number of ether oxygens (including phenoxy) is 2. The highest BCUT2D eigenvalue weighted by molar-refractivity contribution is 7.99. The topological polar surface area (TPSA) is 88.1 Å². The molecule has 0 amide bonds. The molecule has 3 aromatic rings. The lowest BCUT2D eigenvalue weighted by Crippen LogP contribution is -2.30. The van der Waals surface area contributed by atoms with Gasteiger partial charge in [0.1, 0.15) is 25.4 Å². The van der Waals surface area contributed by atoms with Crippen LogP contribution in [0.3, 0.4) is 0 Å². The Bertz CT molecular complexity index is 1200. The maximum atomic E-state index is 14.5. The van der Waals surface area contributed by atoms with Crippen LogP contribution in [0.1, 0.15) is 0 Å². The fraction of sp³-hybridized carbons (Fsp3) is 0.200. The number of thioether (sulfide) groups is 2. The van der Waals surface area contributed by atoms with Crippen LogP contribution in [-0.4, -0.2) is 48.9 Å². The first-order valence-electron chi connectivity index (χ1n) is 12.4. The van der Waals surface area contributed by atoms with Crippen molar-refractivity contribution >= 4 is 48.4 Å². The van der Waals surface area contributed by atoms with Gasteiger partial charge in [0.2, 0.25) is 0 Å². The second-order valence-corrected chi connectivity index (χ2v) is 12.3. The molecule has 3 rings (SSSR count). The molecule has 0 heterocycles. The SMILES string of the molecule is C=CC(=O)OCC(CSc1ccccc1)OP(=O)(OC(COC(=O)C=C)CSc1ccccc1)c1ccccc1. The molecule has 0 spiro atoms. The average molecular weight is 599 g/mol. The number of carbonyl (C=O) groups excluding carboxylic acids is 2. The standard InChI is InChI=1S/C30H31O7PS2/c1-3-29(31)34-20-24(22-39-27-16-10-6-11-17-27)36-38(33,26-14-8-5-9-15-26)37-25(21-35-30(32)4-2)23-40-28-18-12-7-13-19-28/h3-19,24-25H,1-2,20-23H2. The monoisotopic (exact) mass is 598 g/mol. The van der Waals surface area contributed by atoms with E-state index >= 15 is 0 Å². The summed E-state index contributed by atoms with van der Waals surface area (Å²) in [4.78, 5) is 25.6. The van der Waals surface area contributed by atoms with Gasteiger partial charge in [-0.3, -0.25) is 13.6 Å². The van der Waals surface area contributed by atoms with E-state index in [9.17, 15) is 14.2 Å². The second kappa shape index (κ2) is 16.9. The van der Waals surface area contributed by atoms with Crippen LogP contribution >= 0.6 is 31.1 Å². The van der Waals surface area contributed by atoms with Gasteiger partial charge >= 0.3 is 19.5 Å². The smallest absolute Gasteiger partial charge is 0.362 e. The normalized spacial score (nSPS) is 13.8. The summed E-state index contributed by atoms with van der Waals surface area (Å²) in [6, 6.07) is 27.8. The van der Waals surface area contributed by atoms with Crippen molar-refractivity contribution in [3.63, 3.8) is 0 Å². The van der Waals surface area contributed by atoms with Crippen LogP contribution in [-0.2, 0) is 32.7 Å². The quantitative estimate of drug-likeness (QED) is 0.0767. The highest BCUT2D eigenvalue weighted by atomic mass is 32.2. The minimum atomic E-state index is -4.02. The Hall–Kier alpha value is -3.07. The van der Waals surface area contributed by atoms with Crippen molar-refractivity contribution in [2.45, 2.75) is 22.0 Å². The molecule has 3 aromatic carbocycles. The first kappa shape index (κ1) is 31.5. The van der Waals surface area contributed by atoms with Crippen LogP contribution in [0.15, 0.2) is 126 Å². The molecule has 0 aromatic heterocycles. The van der Waals surface area contributed by atoms with Gasteiger partial charge in [-0.05, 0) is 36.4 Å². The van der Waals surface area contributed by atoms with E-state index in [0.29, 0.717) is 16.8 Å². The second-order valence-electron chi connectivity index (χ2n) is 8.20. The average Bonchev–Trinajstić information content (AvgIpc) is 3.00. The molecule has 0 aliphatic rings. The first-order valence-corrected chi connectivity index (χ1v) is 15.9. The molecule has 210 valence electrons. The molecular weight excluding hydrogens is 567 g/mol. The highest BCUT2D eigenvalue weighted by Gasteiger charge is 2.35. The van der Waals surface area contributed by atoms with Gasteiger partial charge in [-0.15, -0.1) is 23.5 Å². The minimum absolute atomic E-state index is 0.167. The molecule has 0 saturated carbocycles. The van der Waals surface area contributed by atoms with Crippen LogP contribution in [0.25, 0.3) is 0 Å². The van der Waals surface area contributed by atoms with Gasteiger partial charge in [0, 0.05) is 33.4 Å². The molecule has 0 radical (unpaired) electrons. The molecule has 0 saturated heterocycles. The summed E-state index contributed by atoms with van der Waals surface area (Å²) in [5, 5.41) is 0.324. The summed E-state index contributed by atoms with van der Waals surface area (Å²) in [5.41, 5.74) is 0. The van der Waals surface area contributed by atoms with E-state index in [4.69, 9.17) is 18.5 Å². The van der Waals surface area contributed by atoms with Gasteiger partial charge in [-0.1, -0.05) is 67.8 Å². The number of benzene rings is 3. The third kappa shape index (κ3) is 10.8. The van der Waals surface area contributed by atoms with Gasteiger partial charge in [0.15, 0.2) is 0 Å². The van der Waals surface area contributed by atoms with Crippen molar-refractivity contribution in [1.29, 1.82) is 0 Å². The van der Waals surface area contributed by atoms with Gasteiger partial charge in [-0.2, -0.15) is 0 Å². The van der Waals surface area contributed by atoms with E-state index in [-0.39, 0.29) is 13.2 Å².